The molecule has 3 N–H and O–H groups in total. The van der Waals surface area contributed by atoms with Crippen molar-refractivity contribution in [3.63, 3.8) is 0 Å². The van der Waals surface area contributed by atoms with E-state index in [-0.39, 0.29) is 11.8 Å². The van der Waals surface area contributed by atoms with Crippen LogP contribution in [0.25, 0.3) is 0 Å². The maximum Gasteiger partial charge on any atom is 0.224 e. The number of hydrogen-bond acceptors (Lipinski definition) is 3. The second kappa shape index (κ2) is 7.31. The first-order valence-corrected chi connectivity index (χ1v) is 7.08. The number of nitrogens with zero attached hydrogens (tertiary/aromatic N) is 1. The normalized spacial score (nSPS) is 18.2. The van der Waals surface area contributed by atoms with Gasteiger partial charge in [-0.1, -0.05) is 6.92 Å². The van der Waals surface area contributed by atoms with Gasteiger partial charge in [0.2, 0.25) is 5.91 Å². The van der Waals surface area contributed by atoms with Gasteiger partial charge in [-0.2, -0.15) is 0 Å². The Kier molecular flexibility index (Phi) is 5.42. The average molecular weight is 264 g/mol. The minimum Gasteiger partial charge on any atom is -0.367 e. The summed E-state index contributed by atoms with van der Waals surface area (Å²) < 4.78 is 0. The number of nitrogens with one attached hydrogen (secondary N) is 3. The van der Waals surface area contributed by atoms with E-state index in [2.05, 4.69) is 20.5 Å². The summed E-state index contributed by atoms with van der Waals surface area (Å²) in [5.74, 6) is 0.221. The SMILES string of the molecule is CC(CN1CCNCC1)C(=O)NCCc1cc[nH]c1. The van der Waals surface area contributed by atoms with Gasteiger partial charge in [-0.3, -0.25) is 4.79 Å². The third kappa shape index (κ3) is 4.69. The molecule has 1 atom stereocenters. The van der Waals surface area contributed by atoms with Crippen LogP contribution in [-0.2, 0) is 11.2 Å². The van der Waals surface area contributed by atoms with E-state index in [4.69, 9.17) is 0 Å². The molecule has 2 rings (SSSR count). The summed E-state index contributed by atoms with van der Waals surface area (Å²) in [6.07, 6.45) is 4.76. The monoisotopic (exact) mass is 264 g/mol. The van der Waals surface area contributed by atoms with E-state index in [9.17, 15) is 4.79 Å². The first-order valence-electron chi connectivity index (χ1n) is 7.08. The lowest BCUT2D eigenvalue weighted by atomic mass is 10.1. The van der Waals surface area contributed by atoms with Crippen LogP contribution >= 0.6 is 0 Å². The number of carbonyl (C=O) groups is 1. The molecule has 0 saturated carbocycles. The lowest BCUT2D eigenvalue weighted by Gasteiger charge is -2.29. The van der Waals surface area contributed by atoms with Crippen molar-refractivity contribution in [2.24, 2.45) is 5.92 Å². The van der Waals surface area contributed by atoms with Gasteiger partial charge < -0.3 is 20.5 Å². The second-order valence-corrected chi connectivity index (χ2v) is 5.21. The van der Waals surface area contributed by atoms with E-state index in [1.54, 1.807) is 0 Å². The predicted octanol–water partition coefficient (Wildman–Crippen LogP) is 0.215. The summed E-state index contributed by atoms with van der Waals surface area (Å²) in [5.41, 5.74) is 1.23. The first-order chi connectivity index (χ1) is 9.25. The molecule has 0 radical (unpaired) electrons. The molecule has 1 aliphatic rings. The molecule has 1 aromatic rings. The molecule has 19 heavy (non-hydrogen) atoms. The van der Waals surface area contributed by atoms with E-state index in [0.29, 0.717) is 6.54 Å². The average Bonchev–Trinajstić information content (AvgIpc) is 2.93. The van der Waals surface area contributed by atoms with Crippen molar-refractivity contribution in [3.05, 3.63) is 24.0 Å². The van der Waals surface area contributed by atoms with Gasteiger partial charge in [-0.25, -0.2) is 0 Å². The van der Waals surface area contributed by atoms with Gasteiger partial charge in [-0.05, 0) is 18.1 Å². The van der Waals surface area contributed by atoms with Gasteiger partial charge >= 0.3 is 0 Å². The van der Waals surface area contributed by atoms with Crippen molar-refractivity contribution in [1.29, 1.82) is 0 Å². The maximum absolute atomic E-state index is 12.0. The molecule has 1 fully saturated rings. The zero-order chi connectivity index (χ0) is 13.5. The van der Waals surface area contributed by atoms with Crippen LogP contribution in [0.4, 0.5) is 0 Å². The molecular formula is C14H24N4O. The predicted molar refractivity (Wildman–Crippen MR) is 76.0 cm³/mol. The van der Waals surface area contributed by atoms with Crippen molar-refractivity contribution in [1.82, 2.24) is 20.5 Å². The Balaban J connectivity index is 1.64. The summed E-state index contributed by atoms with van der Waals surface area (Å²) in [6.45, 7) is 7.72. The molecule has 1 aliphatic heterocycles. The second-order valence-electron chi connectivity index (χ2n) is 5.21. The molecule has 0 aliphatic carbocycles. The Morgan fingerprint density at radius 1 is 1.47 bits per heavy atom. The number of amides is 1. The fourth-order valence-electron chi connectivity index (χ4n) is 2.38. The maximum atomic E-state index is 12.0. The molecule has 1 amide bonds. The Morgan fingerprint density at radius 3 is 2.95 bits per heavy atom. The van der Waals surface area contributed by atoms with Crippen molar-refractivity contribution < 1.29 is 4.79 Å². The van der Waals surface area contributed by atoms with Crippen LogP contribution in [-0.4, -0.2) is 55.1 Å². The fourth-order valence-corrected chi connectivity index (χ4v) is 2.38. The van der Waals surface area contributed by atoms with Crippen LogP contribution in [0.5, 0.6) is 0 Å². The molecule has 5 heteroatoms. The Hall–Kier alpha value is -1.33. The molecule has 1 unspecified atom stereocenters. The third-order valence-corrected chi connectivity index (χ3v) is 3.56. The van der Waals surface area contributed by atoms with E-state index in [1.165, 1.54) is 5.56 Å². The summed E-state index contributed by atoms with van der Waals surface area (Å²) in [7, 11) is 0. The Morgan fingerprint density at radius 2 is 2.26 bits per heavy atom. The number of hydrogen-bond donors (Lipinski definition) is 3. The van der Waals surface area contributed by atoms with E-state index >= 15 is 0 Å². The zero-order valence-electron chi connectivity index (χ0n) is 11.6. The number of aromatic nitrogens is 1. The molecule has 2 heterocycles. The topological polar surface area (TPSA) is 60.2 Å². The number of piperazine rings is 1. The molecule has 0 aromatic carbocycles. The molecule has 106 valence electrons. The largest absolute Gasteiger partial charge is 0.367 e. The molecule has 0 bridgehead atoms. The number of rotatable bonds is 6. The third-order valence-electron chi connectivity index (χ3n) is 3.56. The van der Waals surface area contributed by atoms with Gasteiger partial charge in [0, 0.05) is 57.6 Å². The highest BCUT2D eigenvalue weighted by atomic mass is 16.1. The van der Waals surface area contributed by atoms with E-state index < -0.39 is 0 Å². The highest BCUT2D eigenvalue weighted by Crippen LogP contribution is 2.02. The smallest absolute Gasteiger partial charge is 0.224 e. The highest BCUT2D eigenvalue weighted by molar-refractivity contribution is 5.78. The van der Waals surface area contributed by atoms with Crippen LogP contribution in [0.15, 0.2) is 18.5 Å². The summed E-state index contributed by atoms with van der Waals surface area (Å²) in [6, 6.07) is 2.04. The lowest BCUT2D eigenvalue weighted by Crippen LogP contribution is -2.47. The van der Waals surface area contributed by atoms with Crippen LogP contribution in [0.2, 0.25) is 0 Å². The highest BCUT2D eigenvalue weighted by Gasteiger charge is 2.18. The standard InChI is InChI=1S/C14H24N4O/c1-12(11-18-8-6-15-7-9-18)14(19)17-5-3-13-2-4-16-10-13/h2,4,10,12,15-16H,3,5-9,11H2,1H3,(H,17,19). The lowest BCUT2D eigenvalue weighted by molar-refractivity contribution is -0.125. The number of H-pyrrole nitrogens is 1. The fraction of sp³-hybridized carbons (Fsp3) is 0.643. The summed E-state index contributed by atoms with van der Waals surface area (Å²) in [5, 5.41) is 6.34. The van der Waals surface area contributed by atoms with Crippen molar-refractivity contribution in [2.45, 2.75) is 13.3 Å². The molecule has 5 nitrogen and oxygen atoms in total. The summed E-state index contributed by atoms with van der Waals surface area (Å²) >= 11 is 0. The van der Waals surface area contributed by atoms with Crippen LogP contribution in [0.3, 0.4) is 0 Å². The van der Waals surface area contributed by atoms with Gasteiger partial charge in [0.15, 0.2) is 0 Å². The van der Waals surface area contributed by atoms with E-state index in [0.717, 1.165) is 39.1 Å². The van der Waals surface area contributed by atoms with Crippen molar-refractivity contribution in [2.75, 3.05) is 39.3 Å². The van der Waals surface area contributed by atoms with Gasteiger partial charge in [0.25, 0.3) is 0 Å². The number of carbonyl (C=O) groups excluding carboxylic acids is 1. The quantitative estimate of drug-likeness (QED) is 0.688. The van der Waals surface area contributed by atoms with Crippen LogP contribution < -0.4 is 10.6 Å². The van der Waals surface area contributed by atoms with Crippen LogP contribution in [0.1, 0.15) is 12.5 Å². The first kappa shape index (κ1) is 14.1. The minimum absolute atomic E-state index is 0.0596. The number of aromatic amines is 1. The minimum atomic E-state index is 0.0596. The van der Waals surface area contributed by atoms with Crippen molar-refractivity contribution >= 4 is 5.91 Å². The van der Waals surface area contributed by atoms with Gasteiger partial charge in [0.1, 0.15) is 0 Å². The van der Waals surface area contributed by atoms with Gasteiger partial charge in [0.05, 0.1) is 0 Å². The van der Waals surface area contributed by atoms with E-state index in [1.807, 2.05) is 25.4 Å². The van der Waals surface area contributed by atoms with Crippen LogP contribution in [0, 0.1) is 5.92 Å². The molecule has 1 aromatic heterocycles. The zero-order valence-corrected chi connectivity index (χ0v) is 11.6. The Labute approximate surface area is 114 Å². The molecule has 1 saturated heterocycles. The van der Waals surface area contributed by atoms with Crippen molar-refractivity contribution in [3.8, 4) is 0 Å². The molecular weight excluding hydrogens is 240 g/mol. The molecule has 0 spiro atoms. The summed E-state index contributed by atoms with van der Waals surface area (Å²) in [4.78, 5) is 17.4. The Bertz CT molecular complexity index is 371. The van der Waals surface area contributed by atoms with Gasteiger partial charge in [-0.15, -0.1) is 0 Å².